The molecular formula is C16H12F3N3O4S. The number of aromatic hydroxyl groups is 1. The molecule has 27 heavy (non-hydrogen) atoms. The molecule has 3 aromatic rings. The van der Waals surface area contributed by atoms with E-state index in [9.17, 15) is 13.2 Å². The van der Waals surface area contributed by atoms with Gasteiger partial charge in [0, 0.05) is 24.3 Å². The molecule has 11 heteroatoms. The molecular weight excluding hydrogens is 387 g/mol. The summed E-state index contributed by atoms with van der Waals surface area (Å²) in [6.45, 7) is 0. The minimum atomic E-state index is -4.35. The number of hydrogen-bond donors (Lipinski definition) is 1. The summed E-state index contributed by atoms with van der Waals surface area (Å²) in [5.74, 6) is 0.550. The first kappa shape index (κ1) is 17.6. The maximum atomic E-state index is 12.6. The van der Waals surface area contributed by atoms with E-state index >= 15 is 0 Å². The smallest absolute Gasteiger partial charge is 0.425 e. The molecule has 0 amide bonds. The molecule has 0 spiro atoms. The van der Waals surface area contributed by atoms with Crippen molar-refractivity contribution in [2.75, 3.05) is 0 Å². The highest BCUT2D eigenvalue weighted by Gasteiger charge is 2.35. The zero-order chi connectivity index (χ0) is 19.0. The Balaban J connectivity index is 1.27. The largest absolute Gasteiger partial charge is 0.491 e. The number of thiophene rings is 1. The first-order valence-corrected chi connectivity index (χ1v) is 8.72. The summed E-state index contributed by atoms with van der Waals surface area (Å²) in [7, 11) is 0. The molecule has 3 aromatic heterocycles. The van der Waals surface area contributed by atoms with Crippen LogP contribution in [-0.2, 0) is 6.18 Å². The van der Waals surface area contributed by atoms with Gasteiger partial charge in [-0.1, -0.05) is 0 Å². The van der Waals surface area contributed by atoms with Crippen LogP contribution in [-0.4, -0.2) is 32.4 Å². The Morgan fingerprint density at radius 2 is 1.89 bits per heavy atom. The highest BCUT2D eigenvalue weighted by atomic mass is 32.1. The lowest BCUT2D eigenvalue weighted by molar-refractivity contribution is -0.134. The SMILES string of the molecule is Oc1cc(-c2cnc(O[C@H]3C[C@@H](Oc4csc(C(F)(F)F)c4)C3)cn2)on1. The quantitative estimate of drug-likeness (QED) is 0.696. The van der Waals surface area contributed by atoms with Gasteiger partial charge in [0.05, 0.1) is 18.5 Å². The molecule has 3 heterocycles. The lowest BCUT2D eigenvalue weighted by Crippen LogP contribution is -2.41. The van der Waals surface area contributed by atoms with Crippen molar-refractivity contribution in [2.45, 2.75) is 31.2 Å². The molecule has 1 fully saturated rings. The van der Waals surface area contributed by atoms with Crippen LogP contribution in [0.15, 0.2) is 34.4 Å². The van der Waals surface area contributed by atoms with E-state index in [0.717, 1.165) is 6.07 Å². The van der Waals surface area contributed by atoms with E-state index in [2.05, 4.69) is 15.1 Å². The highest BCUT2D eigenvalue weighted by Crippen LogP contribution is 2.38. The third kappa shape index (κ3) is 3.97. The first-order valence-electron chi connectivity index (χ1n) is 7.84. The van der Waals surface area contributed by atoms with Crippen molar-refractivity contribution >= 4 is 11.3 Å². The number of halogens is 3. The predicted molar refractivity (Wildman–Crippen MR) is 86.6 cm³/mol. The van der Waals surface area contributed by atoms with Gasteiger partial charge in [-0.15, -0.1) is 11.3 Å². The molecule has 1 aliphatic rings. The zero-order valence-electron chi connectivity index (χ0n) is 13.5. The van der Waals surface area contributed by atoms with E-state index in [1.54, 1.807) is 0 Å². The van der Waals surface area contributed by atoms with E-state index in [1.165, 1.54) is 23.8 Å². The van der Waals surface area contributed by atoms with Gasteiger partial charge in [-0.3, -0.25) is 0 Å². The Bertz CT molecular complexity index is 920. The molecule has 1 aliphatic carbocycles. The summed E-state index contributed by atoms with van der Waals surface area (Å²) in [5, 5.41) is 13.9. The topological polar surface area (TPSA) is 90.5 Å². The molecule has 7 nitrogen and oxygen atoms in total. The number of ether oxygens (including phenoxy) is 2. The summed E-state index contributed by atoms with van der Waals surface area (Å²) in [6.07, 6.45) is -0.788. The van der Waals surface area contributed by atoms with Gasteiger partial charge < -0.3 is 19.1 Å². The maximum absolute atomic E-state index is 12.6. The van der Waals surface area contributed by atoms with Crippen molar-refractivity contribution < 1.29 is 32.3 Å². The Morgan fingerprint density at radius 1 is 1.11 bits per heavy atom. The molecule has 0 saturated heterocycles. The van der Waals surface area contributed by atoms with Gasteiger partial charge >= 0.3 is 6.18 Å². The second-order valence-electron chi connectivity index (χ2n) is 5.88. The van der Waals surface area contributed by atoms with Crippen LogP contribution in [0.1, 0.15) is 17.7 Å². The van der Waals surface area contributed by atoms with E-state index < -0.39 is 11.1 Å². The van der Waals surface area contributed by atoms with E-state index in [-0.39, 0.29) is 29.6 Å². The third-order valence-corrected chi connectivity index (χ3v) is 4.83. The molecule has 4 rings (SSSR count). The molecule has 0 atom stereocenters. The van der Waals surface area contributed by atoms with Crippen molar-refractivity contribution in [3.63, 3.8) is 0 Å². The molecule has 0 bridgehead atoms. The van der Waals surface area contributed by atoms with Gasteiger partial charge in [-0.25, -0.2) is 9.97 Å². The van der Waals surface area contributed by atoms with E-state index in [4.69, 9.17) is 19.1 Å². The van der Waals surface area contributed by atoms with Crippen LogP contribution < -0.4 is 9.47 Å². The number of alkyl halides is 3. The second-order valence-corrected chi connectivity index (χ2v) is 6.80. The molecule has 142 valence electrons. The Morgan fingerprint density at radius 3 is 2.48 bits per heavy atom. The van der Waals surface area contributed by atoms with Crippen molar-refractivity contribution in [2.24, 2.45) is 0 Å². The van der Waals surface area contributed by atoms with Gasteiger partial charge in [-0.05, 0) is 5.16 Å². The maximum Gasteiger partial charge on any atom is 0.425 e. The van der Waals surface area contributed by atoms with Gasteiger partial charge in [0.2, 0.25) is 5.88 Å². The highest BCUT2D eigenvalue weighted by molar-refractivity contribution is 7.10. The fraction of sp³-hybridized carbons (Fsp3) is 0.312. The van der Waals surface area contributed by atoms with Crippen LogP contribution in [0.3, 0.4) is 0 Å². The van der Waals surface area contributed by atoms with Crippen LogP contribution in [0, 0.1) is 0 Å². The summed E-state index contributed by atoms with van der Waals surface area (Å²) >= 11 is 0.610. The second kappa shape index (κ2) is 6.72. The zero-order valence-corrected chi connectivity index (χ0v) is 14.3. The average molecular weight is 399 g/mol. The van der Waals surface area contributed by atoms with E-state index in [1.807, 2.05) is 0 Å². The average Bonchev–Trinajstić information content (AvgIpc) is 3.22. The van der Waals surface area contributed by atoms with Crippen molar-refractivity contribution in [1.82, 2.24) is 15.1 Å². The van der Waals surface area contributed by atoms with Crippen LogP contribution in [0.2, 0.25) is 0 Å². The van der Waals surface area contributed by atoms with Crippen LogP contribution in [0.4, 0.5) is 13.2 Å². The van der Waals surface area contributed by atoms with Crippen LogP contribution in [0.25, 0.3) is 11.5 Å². The number of nitrogens with zero attached hydrogens (tertiary/aromatic N) is 3. The summed E-state index contributed by atoms with van der Waals surface area (Å²) in [5.41, 5.74) is 0.392. The normalized spacial score (nSPS) is 19.5. The Kier molecular flexibility index (Phi) is 4.38. The molecule has 1 saturated carbocycles. The number of aromatic nitrogens is 3. The molecule has 0 radical (unpaired) electrons. The van der Waals surface area contributed by atoms with Crippen LogP contribution in [0.5, 0.6) is 17.5 Å². The van der Waals surface area contributed by atoms with E-state index in [0.29, 0.717) is 35.8 Å². The van der Waals surface area contributed by atoms with Gasteiger partial charge in [0.15, 0.2) is 5.76 Å². The Labute approximate surface area is 154 Å². The number of rotatable bonds is 5. The van der Waals surface area contributed by atoms with Crippen LogP contribution >= 0.6 is 11.3 Å². The lowest BCUT2D eigenvalue weighted by Gasteiger charge is -2.34. The number of hydrogen-bond acceptors (Lipinski definition) is 8. The van der Waals surface area contributed by atoms with Gasteiger partial charge in [-0.2, -0.15) is 13.2 Å². The first-order chi connectivity index (χ1) is 12.9. The van der Waals surface area contributed by atoms with Crippen molar-refractivity contribution in [3.8, 4) is 29.0 Å². The fourth-order valence-corrected chi connectivity index (χ4v) is 3.18. The lowest BCUT2D eigenvalue weighted by atomic mass is 9.92. The molecule has 0 aromatic carbocycles. The third-order valence-electron chi connectivity index (χ3n) is 3.87. The van der Waals surface area contributed by atoms with Crippen molar-refractivity contribution in [3.05, 3.63) is 34.8 Å². The fourth-order valence-electron chi connectivity index (χ4n) is 2.49. The monoisotopic (exact) mass is 399 g/mol. The minimum Gasteiger partial charge on any atom is -0.491 e. The molecule has 0 unspecified atom stereocenters. The standard InChI is InChI=1S/C16H12F3N3O4S/c17-16(18,19)13-3-10(7-27-13)24-8-1-9(2-8)25-15-6-20-11(5-21-15)12-4-14(23)22-26-12/h3-9H,1-2H2,(H,22,23)/t8-,9+. The Hall–Kier alpha value is -2.82. The molecule has 0 aliphatic heterocycles. The van der Waals surface area contributed by atoms with Crippen molar-refractivity contribution in [1.29, 1.82) is 0 Å². The summed E-state index contributed by atoms with van der Waals surface area (Å²) < 4.78 is 53.8. The summed E-state index contributed by atoms with van der Waals surface area (Å²) in [4.78, 5) is 7.54. The van der Waals surface area contributed by atoms with Gasteiger partial charge in [0.25, 0.3) is 5.88 Å². The predicted octanol–water partition coefficient (Wildman–Crippen LogP) is 3.91. The molecule has 1 N–H and O–H groups in total. The minimum absolute atomic E-state index is 0.148. The van der Waals surface area contributed by atoms with Gasteiger partial charge in [0.1, 0.15) is 28.5 Å². The summed E-state index contributed by atoms with van der Waals surface area (Å²) in [6, 6.07) is 2.32.